The van der Waals surface area contributed by atoms with E-state index in [9.17, 15) is 4.79 Å². The second-order valence-electron chi connectivity index (χ2n) is 8.15. The molecule has 9 heteroatoms. The lowest BCUT2D eigenvalue weighted by Crippen LogP contribution is -2.30. The van der Waals surface area contributed by atoms with Crippen molar-refractivity contribution in [1.29, 1.82) is 0 Å². The van der Waals surface area contributed by atoms with Crippen LogP contribution in [0.25, 0.3) is 16.9 Å². The van der Waals surface area contributed by atoms with E-state index in [1.165, 1.54) is 42.4 Å². The summed E-state index contributed by atoms with van der Waals surface area (Å²) in [5, 5.41) is 15.1. The molecule has 0 radical (unpaired) electrons. The number of hydrogen-bond donors (Lipinski definition) is 1. The van der Waals surface area contributed by atoms with E-state index in [0.717, 1.165) is 47.6 Å². The SMILES string of the molecule is O=C(CSc1nnc(CN2CCCCC2)n1-c1ccccc1)Nc1nc(-c2ccccc2)cs1. The minimum Gasteiger partial charge on any atom is -0.301 e. The number of carbonyl (C=O) groups excluding carboxylic acids is 1. The predicted molar refractivity (Wildman–Crippen MR) is 137 cm³/mol. The number of para-hydroxylation sites is 1. The largest absolute Gasteiger partial charge is 0.301 e. The van der Waals surface area contributed by atoms with Gasteiger partial charge in [-0.05, 0) is 38.1 Å². The Hall–Kier alpha value is -3.01. The van der Waals surface area contributed by atoms with Crippen LogP contribution in [0.3, 0.4) is 0 Å². The first-order valence-corrected chi connectivity index (χ1v) is 13.3. The van der Waals surface area contributed by atoms with Crippen molar-refractivity contribution in [3.8, 4) is 16.9 Å². The van der Waals surface area contributed by atoms with E-state index < -0.39 is 0 Å². The maximum atomic E-state index is 12.7. The van der Waals surface area contributed by atoms with E-state index >= 15 is 0 Å². The summed E-state index contributed by atoms with van der Waals surface area (Å²) in [5.41, 5.74) is 2.90. The average molecular weight is 491 g/mol. The average Bonchev–Trinajstić information content (AvgIpc) is 3.51. The van der Waals surface area contributed by atoms with Crippen molar-refractivity contribution < 1.29 is 4.79 Å². The van der Waals surface area contributed by atoms with Crippen LogP contribution < -0.4 is 5.32 Å². The van der Waals surface area contributed by atoms with Gasteiger partial charge in [0.1, 0.15) is 0 Å². The number of nitrogens with one attached hydrogen (secondary N) is 1. The number of rotatable bonds is 8. The molecule has 1 aliphatic heterocycles. The highest BCUT2D eigenvalue weighted by Crippen LogP contribution is 2.26. The zero-order valence-corrected chi connectivity index (χ0v) is 20.4. The smallest absolute Gasteiger partial charge is 0.236 e. The summed E-state index contributed by atoms with van der Waals surface area (Å²) >= 11 is 2.82. The maximum absolute atomic E-state index is 12.7. The highest BCUT2D eigenvalue weighted by molar-refractivity contribution is 7.99. The molecule has 1 aliphatic rings. The maximum Gasteiger partial charge on any atom is 0.236 e. The topological polar surface area (TPSA) is 75.9 Å². The van der Waals surface area contributed by atoms with E-state index in [4.69, 9.17) is 0 Å². The third kappa shape index (κ3) is 5.55. The number of thioether (sulfide) groups is 1. The lowest BCUT2D eigenvalue weighted by molar-refractivity contribution is -0.113. The van der Waals surface area contributed by atoms with Crippen LogP contribution >= 0.6 is 23.1 Å². The third-order valence-electron chi connectivity index (χ3n) is 5.68. The van der Waals surface area contributed by atoms with Crippen molar-refractivity contribution in [1.82, 2.24) is 24.6 Å². The van der Waals surface area contributed by atoms with Crippen molar-refractivity contribution in [3.05, 3.63) is 71.9 Å². The van der Waals surface area contributed by atoms with Gasteiger partial charge >= 0.3 is 0 Å². The number of anilines is 1. The van der Waals surface area contributed by atoms with Crippen LogP contribution in [0.2, 0.25) is 0 Å². The Morgan fingerprint density at radius 2 is 1.71 bits per heavy atom. The molecule has 3 heterocycles. The lowest BCUT2D eigenvalue weighted by atomic mass is 10.1. The van der Waals surface area contributed by atoms with Crippen LogP contribution in [0.4, 0.5) is 5.13 Å². The Balaban J connectivity index is 1.26. The first-order chi connectivity index (χ1) is 16.8. The van der Waals surface area contributed by atoms with Gasteiger partial charge in [-0.15, -0.1) is 21.5 Å². The molecule has 0 atom stereocenters. The van der Waals surface area contributed by atoms with E-state index in [-0.39, 0.29) is 11.7 Å². The molecule has 1 N–H and O–H groups in total. The summed E-state index contributed by atoms with van der Waals surface area (Å²) in [7, 11) is 0. The van der Waals surface area contributed by atoms with Crippen LogP contribution in [-0.2, 0) is 11.3 Å². The Bertz CT molecular complexity index is 1220. The number of nitrogens with zero attached hydrogens (tertiary/aromatic N) is 5. The second-order valence-corrected chi connectivity index (χ2v) is 9.95. The fourth-order valence-corrected chi connectivity index (χ4v) is 5.51. The molecule has 34 heavy (non-hydrogen) atoms. The Labute approximate surface area is 207 Å². The van der Waals surface area contributed by atoms with Gasteiger partial charge in [-0.25, -0.2) is 4.98 Å². The van der Waals surface area contributed by atoms with Gasteiger partial charge in [0.2, 0.25) is 5.91 Å². The molecule has 174 valence electrons. The number of thiazole rings is 1. The summed E-state index contributed by atoms with van der Waals surface area (Å²) in [6.45, 7) is 2.94. The molecular formula is C25H26N6OS2. The lowest BCUT2D eigenvalue weighted by Gasteiger charge is -2.26. The fraction of sp³-hybridized carbons (Fsp3) is 0.280. The summed E-state index contributed by atoms with van der Waals surface area (Å²) in [6.07, 6.45) is 3.75. The van der Waals surface area contributed by atoms with Crippen molar-refractivity contribution in [2.24, 2.45) is 0 Å². The van der Waals surface area contributed by atoms with Gasteiger partial charge in [-0.3, -0.25) is 14.3 Å². The molecule has 0 spiro atoms. The third-order valence-corrected chi connectivity index (χ3v) is 7.37. The Kier molecular flexibility index (Phi) is 7.33. The number of piperidine rings is 1. The molecule has 7 nitrogen and oxygen atoms in total. The number of likely N-dealkylation sites (tertiary alicyclic amines) is 1. The minimum absolute atomic E-state index is 0.112. The highest BCUT2D eigenvalue weighted by atomic mass is 32.2. The molecular weight excluding hydrogens is 464 g/mol. The highest BCUT2D eigenvalue weighted by Gasteiger charge is 2.19. The van der Waals surface area contributed by atoms with Crippen molar-refractivity contribution in [3.63, 3.8) is 0 Å². The Morgan fingerprint density at radius 3 is 2.47 bits per heavy atom. The molecule has 5 rings (SSSR count). The van der Waals surface area contributed by atoms with Gasteiger partial charge in [0.05, 0.1) is 18.0 Å². The first-order valence-electron chi connectivity index (χ1n) is 11.4. The molecule has 1 fully saturated rings. The summed E-state index contributed by atoms with van der Waals surface area (Å²) in [6, 6.07) is 20.1. The molecule has 0 aliphatic carbocycles. The summed E-state index contributed by atoms with van der Waals surface area (Å²) in [5.74, 6) is 1.03. The minimum atomic E-state index is -0.112. The standard InChI is InChI=1S/C25H26N6OS2/c32-23(27-24-26-21(17-33-24)19-10-4-1-5-11-19)18-34-25-29-28-22(16-30-14-8-3-9-15-30)31(25)20-12-6-2-7-13-20/h1-2,4-7,10-13,17H,3,8-9,14-16,18H2,(H,26,27,32). The molecule has 1 saturated heterocycles. The molecule has 0 unspecified atom stereocenters. The van der Waals surface area contributed by atoms with Crippen molar-refractivity contribution in [2.75, 3.05) is 24.2 Å². The van der Waals surface area contributed by atoms with Gasteiger partial charge < -0.3 is 5.32 Å². The first kappa shape index (κ1) is 22.8. The van der Waals surface area contributed by atoms with Crippen molar-refractivity contribution in [2.45, 2.75) is 31.0 Å². The predicted octanol–water partition coefficient (Wildman–Crippen LogP) is 5.11. The molecule has 2 aromatic heterocycles. The van der Waals surface area contributed by atoms with E-state index in [1.807, 2.05) is 66.0 Å². The van der Waals surface area contributed by atoms with Gasteiger partial charge in [0.15, 0.2) is 16.1 Å². The zero-order valence-electron chi connectivity index (χ0n) is 18.8. The fourth-order valence-electron chi connectivity index (χ4n) is 4.01. The number of aromatic nitrogens is 4. The van der Waals surface area contributed by atoms with Gasteiger partial charge in [0, 0.05) is 16.6 Å². The van der Waals surface area contributed by atoms with E-state index in [1.54, 1.807) is 0 Å². The second kappa shape index (κ2) is 10.9. The molecule has 0 bridgehead atoms. The monoisotopic (exact) mass is 490 g/mol. The van der Waals surface area contributed by atoms with E-state index in [2.05, 4.69) is 30.0 Å². The molecule has 2 aromatic carbocycles. The van der Waals surface area contributed by atoms with Crippen LogP contribution in [0, 0.1) is 0 Å². The number of carbonyl (C=O) groups is 1. The van der Waals surface area contributed by atoms with Crippen LogP contribution in [0.5, 0.6) is 0 Å². The van der Waals surface area contributed by atoms with Gasteiger partial charge in [0.25, 0.3) is 0 Å². The summed E-state index contributed by atoms with van der Waals surface area (Å²) < 4.78 is 2.07. The van der Waals surface area contributed by atoms with Crippen LogP contribution in [0.1, 0.15) is 25.1 Å². The molecule has 4 aromatic rings. The number of amides is 1. The quantitative estimate of drug-likeness (QED) is 0.346. The normalized spacial score (nSPS) is 14.2. The van der Waals surface area contributed by atoms with Crippen LogP contribution in [0.15, 0.2) is 71.2 Å². The van der Waals surface area contributed by atoms with Gasteiger partial charge in [-0.1, -0.05) is 66.7 Å². The molecule has 1 amide bonds. The zero-order chi connectivity index (χ0) is 23.2. The van der Waals surface area contributed by atoms with E-state index in [0.29, 0.717) is 5.13 Å². The number of hydrogen-bond acceptors (Lipinski definition) is 7. The van der Waals surface area contributed by atoms with Crippen LogP contribution in [-0.4, -0.2) is 49.4 Å². The van der Waals surface area contributed by atoms with Gasteiger partial charge in [-0.2, -0.15) is 0 Å². The Morgan fingerprint density at radius 1 is 0.971 bits per heavy atom. The summed E-state index contributed by atoms with van der Waals surface area (Å²) in [4.78, 5) is 19.7. The number of benzene rings is 2. The molecule has 0 saturated carbocycles. The van der Waals surface area contributed by atoms with Crippen molar-refractivity contribution >= 4 is 34.1 Å².